The Bertz CT molecular complexity index is 756. The summed E-state index contributed by atoms with van der Waals surface area (Å²) in [6, 6.07) is 11.3. The molecule has 0 aliphatic rings. The standard InChI is InChI=1S/C19H22F2N2O2S/c1-23(2)18(13-5-4-6-14(9-13)25-3)11-22-19(24)12-26-15-7-8-16(20)17(21)10-15/h4-10,18H,11-12H2,1-3H3,(H,22,24)/t18-/m0/s1. The third-order valence-electron chi connectivity index (χ3n) is 3.86. The largest absolute Gasteiger partial charge is 0.497 e. The minimum atomic E-state index is -0.916. The van der Waals surface area contributed by atoms with Gasteiger partial charge in [-0.25, -0.2) is 8.78 Å². The van der Waals surface area contributed by atoms with Crippen molar-refractivity contribution in [2.75, 3.05) is 33.5 Å². The number of hydrogen-bond donors (Lipinski definition) is 1. The number of rotatable bonds is 8. The molecule has 0 bridgehead atoms. The van der Waals surface area contributed by atoms with E-state index in [2.05, 4.69) is 5.32 Å². The van der Waals surface area contributed by atoms with E-state index in [0.717, 1.165) is 35.2 Å². The molecule has 2 rings (SSSR count). The lowest BCUT2D eigenvalue weighted by Gasteiger charge is -2.25. The van der Waals surface area contributed by atoms with Crippen molar-refractivity contribution in [3.05, 3.63) is 59.7 Å². The van der Waals surface area contributed by atoms with Crippen molar-refractivity contribution in [2.24, 2.45) is 0 Å². The van der Waals surface area contributed by atoms with E-state index in [4.69, 9.17) is 4.74 Å². The summed E-state index contributed by atoms with van der Waals surface area (Å²) in [5.41, 5.74) is 1.03. The highest BCUT2D eigenvalue weighted by Crippen LogP contribution is 2.23. The van der Waals surface area contributed by atoms with Gasteiger partial charge in [-0.1, -0.05) is 12.1 Å². The van der Waals surface area contributed by atoms with Crippen LogP contribution in [0.3, 0.4) is 0 Å². The molecular formula is C19H22F2N2O2S. The van der Waals surface area contributed by atoms with Gasteiger partial charge < -0.3 is 15.0 Å². The number of thioether (sulfide) groups is 1. The van der Waals surface area contributed by atoms with Gasteiger partial charge in [-0.3, -0.25) is 4.79 Å². The van der Waals surface area contributed by atoms with Gasteiger partial charge in [0.1, 0.15) is 5.75 Å². The molecule has 140 valence electrons. The highest BCUT2D eigenvalue weighted by Gasteiger charge is 2.16. The monoisotopic (exact) mass is 380 g/mol. The van der Waals surface area contributed by atoms with Crippen molar-refractivity contribution in [1.29, 1.82) is 0 Å². The highest BCUT2D eigenvalue weighted by molar-refractivity contribution is 8.00. The van der Waals surface area contributed by atoms with Crippen molar-refractivity contribution in [3.8, 4) is 5.75 Å². The number of carbonyl (C=O) groups is 1. The van der Waals surface area contributed by atoms with Crippen LogP contribution in [0.5, 0.6) is 5.75 Å². The van der Waals surface area contributed by atoms with Crippen molar-refractivity contribution >= 4 is 17.7 Å². The van der Waals surface area contributed by atoms with Crippen molar-refractivity contribution < 1.29 is 18.3 Å². The molecular weight excluding hydrogens is 358 g/mol. The highest BCUT2D eigenvalue weighted by atomic mass is 32.2. The fourth-order valence-corrected chi connectivity index (χ4v) is 3.18. The first-order valence-electron chi connectivity index (χ1n) is 8.05. The number of benzene rings is 2. The lowest BCUT2D eigenvalue weighted by atomic mass is 10.1. The molecule has 0 radical (unpaired) electrons. The Morgan fingerprint density at radius 2 is 1.96 bits per heavy atom. The molecule has 0 fully saturated rings. The third-order valence-corrected chi connectivity index (χ3v) is 4.85. The molecule has 0 aliphatic carbocycles. The Morgan fingerprint density at radius 3 is 2.62 bits per heavy atom. The van der Waals surface area contributed by atoms with E-state index in [1.54, 1.807) is 7.11 Å². The van der Waals surface area contributed by atoms with Crippen LogP contribution in [0.15, 0.2) is 47.4 Å². The predicted molar refractivity (Wildman–Crippen MR) is 99.5 cm³/mol. The van der Waals surface area contributed by atoms with Crippen LogP contribution in [0.4, 0.5) is 8.78 Å². The van der Waals surface area contributed by atoms with Crippen molar-refractivity contribution in [1.82, 2.24) is 10.2 Å². The van der Waals surface area contributed by atoms with Gasteiger partial charge in [0.2, 0.25) is 5.91 Å². The van der Waals surface area contributed by atoms with Crippen molar-refractivity contribution in [3.63, 3.8) is 0 Å². The number of methoxy groups -OCH3 is 1. The maximum absolute atomic E-state index is 13.2. The van der Waals surface area contributed by atoms with Gasteiger partial charge >= 0.3 is 0 Å². The topological polar surface area (TPSA) is 41.6 Å². The molecule has 0 saturated carbocycles. The van der Waals surface area contributed by atoms with E-state index in [1.807, 2.05) is 43.3 Å². The summed E-state index contributed by atoms with van der Waals surface area (Å²) in [7, 11) is 5.49. The molecule has 0 aliphatic heterocycles. The number of halogens is 2. The van der Waals surface area contributed by atoms with Crippen LogP contribution in [0.25, 0.3) is 0 Å². The lowest BCUT2D eigenvalue weighted by molar-refractivity contribution is -0.118. The number of nitrogens with one attached hydrogen (secondary N) is 1. The van der Waals surface area contributed by atoms with Gasteiger partial charge in [0, 0.05) is 11.4 Å². The van der Waals surface area contributed by atoms with E-state index in [9.17, 15) is 13.6 Å². The first kappa shape index (κ1) is 20.2. The van der Waals surface area contributed by atoms with Crippen LogP contribution in [0.1, 0.15) is 11.6 Å². The molecule has 0 heterocycles. The second kappa shape index (κ2) is 9.54. The van der Waals surface area contributed by atoms with Crippen LogP contribution in [-0.4, -0.2) is 44.3 Å². The first-order valence-corrected chi connectivity index (χ1v) is 9.04. The van der Waals surface area contributed by atoms with E-state index in [1.165, 1.54) is 6.07 Å². The Labute approximate surface area is 156 Å². The summed E-state index contributed by atoms with van der Waals surface area (Å²) < 4.78 is 31.4. The maximum atomic E-state index is 13.2. The zero-order valence-corrected chi connectivity index (χ0v) is 15.8. The minimum Gasteiger partial charge on any atom is -0.497 e. The van der Waals surface area contributed by atoms with Gasteiger partial charge in [-0.2, -0.15) is 0 Å². The average molecular weight is 380 g/mol. The van der Waals surface area contributed by atoms with Crippen molar-refractivity contribution in [2.45, 2.75) is 10.9 Å². The SMILES string of the molecule is COc1cccc([C@H](CNC(=O)CSc2ccc(F)c(F)c2)N(C)C)c1. The molecule has 4 nitrogen and oxygen atoms in total. The summed E-state index contributed by atoms with van der Waals surface area (Å²) in [5, 5.41) is 2.89. The van der Waals surface area contributed by atoms with Gasteiger partial charge in [0.15, 0.2) is 11.6 Å². The summed E-state index contributed by atoms with van der Waals surface area (Å²) in [6.45, 7) is 0.428. The first-order chi connectivity index (χ1) is 12.4. The molecule has 0 saturated heterocycles. The van der Waals surface area contributed by atoms with Crippen LogP contribution in [0.2, 0.25) is 0 Å². The number of ether oxygens (including phenoxy) is 1. The normalized spacial score (nSPS) is 12.1. The zero-order valence-electron chi connectivity index (χ0n) is 15.0. The Hall–Kier alpha value is -2.12. The Morgan fingerprint density at radius 1 is 1.19 bits per heavy atom. The van der Waals surface area contributed by atoms with E-state index >= 15 is 0 Å². The fraction of sp³-hybridized carbons (Fsp3) is 0.316. The van der Waals surface area contributed by atoms with E-state index < -0.39 is 11.6 Å². The van der Waals surface area contributed by atoms with Gasteiger partial charge in [0.25, 0.3) is 0 Å². The third kappa shape index (κ3) is 5.71. The molecule has 1 amide bonds. The molecule has 1 atom stereocenters. The Kier molecular flexibility index (Phi) is 7.41. The smallest absolute Gasteiger partial charge is 0.230 e. The second-order valence-corrected chi connectivity index (χ2v) is 6.97. The van der Waals surface area contributed by atoms with Crippen LogP contribution in [0, 0.1) is 11.6 Å². The second-order valence-electron chi connectivity index (χ2n) is 5.92. The average Bonchev–Trinajstić information content (AvgIpc) is 2.62. The number of amides is 1. The molecule has 0 spiro atoms. The van der Waals surface area contributed by atoms with Gasteiger partial charge in [-0.15, -0.1) is 11.8 Å². The van der Waals surface area contributed by atoms with Crippen LogP contribution < -0.4 is 10.1 Å². The molecule has 1 N–H and O–H groups in total. The quantitative estimate of drug-likeness (QED) is 0.712. The van der Waals surface area contributed by atoms with Gasteiger partial charge in [-0.05, 0) is 50.0 Å². The zero-order chi connectivity index (χ0) is 19.1. The lowest BCUT2D eigenvalue weighted by Crippen LogP contribution is -2.35. The summed E-state index contributed by atoms with van der Waals surface area (Å²) >= 11 is 1.16. The molecule has 2 aromatic rings. The molecule has 0 aromatic heterocycles. The number of likely N-dealkylation sites (N-methyl/N-ethyl adjacent to an activating group) is 1. The minimum absolute atomic E-state index is 0.0117. The maximum Gasteiger partial charge on any atom is 0.230 e. The van der Waals surface area contributed by atoms with E-state index in [-0.39, 0.29) is 17.7 Å². The predicted octanol–water partition coefficient (Wildman–Crippen LogP) is 3.48. The number of carbonyl (C=O) groups excluding carboxylic acids is 1. The molecule has 2 aromatic carbocycles. The van der Waals surface area contributed by atoms with Crippen LogP contribution >= 0.6 is 11.8 Å². The van der Waals surface area contributed by atoms with E-state index in [0.29, 0.717) is 11.4 Å². The van der Waals surface area contributed by atoms with Crippen LogP contribution in [-0.2, 0) is 4.79 Å². The molecule has 0 unspecified atom stereocenters. The Balaban J connectivity index is 1.91. The fourth-order valence-electron chi connectivity index (χ4n) is 2.42. The summed E-state index contributed by atoms with van der Waals surface area (Å²) in [5.74, 6) is -1.10. The summed E-state index contributed by atoms with van der Waals surface area (Å²) in [4.78, 5) is 14.6. The number of hydrogen-bond acceptors (Lipinski definition) is 4. The summed E-state index contributed by atoms with van der Waals surface area (Å²) in [6.07, 6.45) is 0. The van der Waals surface area contributed by atoms with Gasteiger partial charge in [0.05, 0.1) is 18.9 Å². The molecule has 7 heteroatoms. The molecule has 26 heavy (non-hydrogen) atoms. The number of nitrogens with zero attached hydrogens (tertiary/aromatic N) is 1.